The molecule has 0 unspecified atom stereocenters. The van der Waals surface area contributed by atoms with Gasteiger partial charge in [0.2, 0.25) is 5.91 Å². The number of methoxy groups -OCH3 is 1. The SMILES string of the molecule is COCCn1c(SCC(=O)N[C@H](c2ccc3c(c2)OCCCO3)C(C)C)nc2ccccc21. The van der Waals surface area contributed by atoms with Crippen LogP contribution in [-0.4, -0.2) is 48.1 Å². The van der Waals surface area contributed by atoms with E-state index in [0.29, 0.717) is 26.4 Å². The molecule has 0 saturated carbocycles. The summed E-state index contributed by atoms with van der Waals surface area (Å²) in [5, 5.41) is 4.02. The van der Waals surface area contributed by atoms with Gasteiger partial charge in [-0.15, -0.1) is 0 Å². The van der Waals surface area contributed by atoms with E-state index < -0.39 is 0 Å². The summed E-state index contributed by atoms with van der Waals surface area (Å²) < 4.78 is 19.0. The Morgan fingerprint density at radius 3 is 2.76 bits per heavy atom. The van der Waals surface area contributed by atoms with E-state index in [0.717, 1.165) is 39.7 Å². The van der Waals surface area contributed by atoms with Gasteiger partial charge >= 0.3 is 0 Å². The maximum atomic E-state index is 12.9. The van der Waals surface area contributed by atoms with Crippen LogP contribution in [0.1, 0.15) is 31.9 Å². The molecular formula is C25H31N3O4S. The molecule has 0 aliphatic carbocycles. The summed E-state index contributed by atoms with van der Waals surface area (Å²) in [6, 6.07) is 13.8. The van der Waals surface area contributed by atoms with Crippen LogP contribution in [0, 0.1) is 5.92 Å². The molecule has 1 aromatic heterocycles. The zero-order valence-corrected chi connectivity index (χ0v) is 20.2. The number of carbonyl (C=O) groups excluding carboxylic acids is 1. The molecule has 3 aromatic rings. The number of ether oxygens (including phenoxy) is 3. The number of aromatic nitrogens is 2. The van der Waals surface area contributed by atoms with Crippen LogP contribution in [-0.2, 0) is 16.1 Å². The zero-order valence-electron chi connectivity index (χ0n) is 19.4. The van der Waals surface area contributed by atoms with Crippen molar-refractivity contribution in [3.63, 3.8) is 0 Å². The summed E-state index contributed by atoms with van der Waals surface area (Å²) in [5.74, 6) is 1.97. The topological polar surface area (TPSA) is 74.6 Å². The summed E-state index contributed by atoms with van der Waals surface area (Å²) in [6.45, 7) is 6.77. The van der Waals surface area contributed by atoms with Crippen molar-refractivity contribution in [2.24, 2.45) is 5.92 Å². The van der Waals surface area contributed by atoms with Crippen LogP contribution in [0.3, 0.4) is 0 Å². The second kappa shape index (κ2) is 10.9. The summed E-state index contributed by atoms with van der Waals surface area (Å²) in [5.41, 5.74) is 2.98. The number of carbonyl (C=O) groups is 1. The van der Waals surface area contributed by atoms with Gasteiger partial charge in [-0.3, -0.25) is 4.79 Å². The molecule has 8 heteroatoms. The molecule has 0 fully saturated rings. The van der Waals surface area contributed by atoms with Gasteiger partial charge in [-0.05, 0) is 35.7 Å². The van der Waals surface area contributed by atoms with E-state index in [4.69, 9.17) is 19.2 Å². The standard InChI is InChI=1S/C25H31N3O4S/c1-17(2)24(18-9-10-21-22(15-18)32-13-6-12-31-21)27-23(29)16-33-25-26-19-7-4-5-8-20(19)28(25)11-14-30-3/h4-5,7-10,15,17,24H,6,11-14,16H2,1-3H3,(H,27,29)/t24-/m0/s1. The summed E-state index contributed by atoms with van der Waals surface area (Å²) in [4.78, 5) is 17.7. The number of rotatable bonds is 9. The lowest BCUT2D eigenvalue weighted by molar-refractivity contribution is -0.119. The Labute approximate surface area is 198 Å². The number of hydrogen-bond acceptors (Lipinski definition) is 6. The normalized spacial score (nSPS) is 14.3. The monoisotopic (exact) mass is 469 g/mol. The molecule has 0 radical (unpaired) electrons. The van der Waals surface area contributed by atoms with E-state index >= 15 is 0 Å². The average Bonchev–Trinajstić information content (AvgIpc) is 2.99. The van der Waals surface area contributed by atoms with Gasteiger partial charge in [-0.25, -0.2) is 4.98 Å². The quantitative estimate of drug-likeness (QED) is 0.467. The molecule has 176 valence electrons. The molecule has 1 aliphatic heterocycles. The Morgan fingerprint density at radius 1 is 1.18 bits per heavy atom. The number of imidazole rings is 1. The largest absolute Gasteiger partial charge is 0.490 e. The minimum Gasteiger partial charge on any atom is -0.490 e. The fourth-order valence-corrected chi connectivity index (χ4v) is 4.77. The zero-order chi connectivity index (χ0) is 23.2. The third kappa shape index (κ3) is 5.62. The molecule has 1 aliphatic rings. The first kappa shape index (κ1) is 23.4. The molecule has 0 bridgehead atoms. The van der Waals surface area contributed by atoms with Gasteiger partial charge in [0.1, 0.15) is 0 Å². The fraction of sp³-hybridized carbons (Fsp3) is 0.440. The van der Waals surface area contributed by atoms with Crippen molar-refractivity contribution >= 4 is 28.7 Å². The lowest BCUT2D eigenvalue weighted by Crippen LogP contribution is -2.33. The molecule has 2 aromatic carbocycles. The van der Waals surface area contributed by atoms with Gasteiger partial charge in [0.15, 0.2) is 16.7 Å². The molecular weight excluding hydrogens is 438 g/mol. The minimum atomic E-state index is -0.123. The maximum Gasteiger partial charge on any atom is 0.230 e. The van der Waals surface area contributed by atoms with E-state index in [1.165, 1.54) is 11.8 Å². The van der Waals surface area contributed by atoms with Crippen molar-refractivity contribution in [2.45, 2.75) is 38.0 Å². The highest BCUT2D eigenvalue weighted by Crippen LogP contribution is 2.34. The van der Waals surface area contributed by atoms with Crippen LogP contribution >= 0.6 is 11.8 Å². The molecule has 0 saturated heterocycles. The maximum absolute atomic E-state index is 12.9. The smallest absolute Gasteiger partial charge is 0.230 e. The Bertz CT molecular complexity index is 1100. The number of fused-ring (bicyclic) bond motifs is 2. The molecule has 7 nitrogen and oxygen atoms in total. The predicted octanol–water partition coefficient (Wildman–Crippen LogP) is 4.45. The molecule has 1 N–H and O–H groups in total. The lowest BCUT2D eigenvalue weighted by atomic mass is 9.95. The van der Waals surface area contributed by atoms with Crippen LogP contribution in [0.25, 0.3) is 11.0 Å². The number of hydrogen-bond donors (Lipinski definition) is 1. The number of thioether (sulfide) groups is 1. The van der Waals surface area contributed by atoms with Crippen LogP contribution in [0.5, 0.6) is 11.5 Å². The molecule has 0 spiro atoms. The number of nitrogens with one attached hydrogen (secondary N) is 1. The van der Waals surface area contributed by atoms with Crippen LogP contribution in [0.2, 0.25) is 0 Å². The number of benzene rings is 2. The van der Waals surface area contributed by atoms with Gasteiger partial charge in [0, 0.05) is 20.1 Å². The van der Waals surface area contributed by atoms with Crippen molar-refractivity contribution in [2.75, 3.05) is 32.7 Å². The van der Waals surface area contributed by atoms with E-state index in [2.05, 4.69) is 23.7 Å². The third-order valence-electron chi connectivity index (χ3n) is 5.58. The summed E-state index contributed by atoms with van der Waals surface area (Å²) in [7, 11) is 1.69. The minimum absolute atomic E-state index is 0.0313. The predicted molar refractivity (Wildman–Crippen MR) is 130 cm³/mol. The van der Waals surface area contributed by atoms with Gasteiger partial charge in [-0.2, -0.15) is 0 Å². The molecule has 2 heterocycles. The van der Waals surface area contributed by atoms with Gasteiger partial charge in [-0.1, -0.05) is 43.8 Å². The number of amides is 1. The van der Waals surface area contributed by atoms with Gasteiger partial charge < -0.3 is 24.1 Å². The van der Waals surface area contributed by atoms with Crippen molar-refractivity contribution < 1.29 is 19.0 Å². The number of nitrogens with zero attached hydrogens (tertiary/aromatic N) is 2. The van der Waals surface area contributed by atoms with E-state index in [1.54, 1.807) is 7.11 Å². The Hall–Kier alpha value is -2.71. The third-order valence-corrected chi connectivity index (χ3v) is 6.56. The Morgan fingerprint density at radius 2 is 1.97 bits per heavy atom. The van der Waals surface area contributed by atoms with Crippen molar-refractivity contribution in [3.8, 4) is 11.5 Å². The van der Waals surface area contributed by atoms with Gasteiger partial charge in [0.25, 0.3) is 0 Å². The first-order valence-electron chi connectivity index (χ1n) is 11.3. The van der Waals surface area contributed by atoms with Crippen molar-refractivity contribution in [3.05, 3.63) is 48.0 Å². The van der Waals surface area contributed by atoms with Crippen LogP contribution in [0.4, 0.5) is 0 Å². The first-order valence-corrected chi connectivity index (χ1v) is 12.3. The molecule has 4 rings (SSSR count). The van der Waals surface area contributed by atoms with Crippen molar-refractivity contribution in [1.82, 2.24) is 14.9 Å². The van der Waals surface area contributed by atoms with Gasteiger partial charge in [0.05, 0.1) is 42.6 Å². The first-order chi connectivity index (χ1) is 16.1. The number of para-hydroxylation sites is 2. The summed E-state index contributed by atoms with van der Waals surface area (Å²) >= 11 is 1.45. The highest BCUT2D eigenvalue weighted by atomic mass is 32.2. The second-order valence-corrected chi connectivity index (χ2v) is 9.30. The van der Waals surface area contributed by atoms with Crippen molar-refractivity contribution in [1.29, 1.82) is 0 Å². The lowest BCUT2D eigenvalue weighted by Gasteiger charge is -2.24. The van der Waals surface area contributed by atoms with E-state index in [-0.39, 0.29) is 23.6 Å². The van der Waals surface area contributed by atoms with Crippen LogP contribution in [0.15, 0.2) is 47.6 Å². The van der Waals surface area contributed by atoms with E-state index in [9.17, 15) is 4.79 Å². The Balaban J connectivity index is 1.46. The van der Waals surface area contributed by atoms with Crippen LogP contribution < -0.4 is 14.8 Å². The highest BCUT2D eigenvalue weighted by molar-refractivity contribution is 7.99. The average molecular weight is 470 g/mol. The molecule has 1 atom stereocenters. The highest BCUT2D eigenvalue weighted by Gasteiger charge is 2.22. The Kier molecular flexibility index (Phi) is 7.77. The second-order valence-electron chi connectivity index (χ2n) is 8.36. The molecule has 33 heavy (non-hydrogen) atoms. The fourth-order valence-electron chi connectivity index (χ4n) is 3.92. The summed E-state index contributed by atoms with van der Waals surface area (Å²) in [6.07, 6.45) is 0.862. The molecule has 1 amide bonds. The van der Waals surface area contributed by atoms with E-state index in [1.807, 2.05) is 42.5 Å².